The van der Waals surface area contributed by atoms with Gasteiger partial charge >= 0.3 is 0 Å². The number of anilines is 1. The van der Waals surface area contributed by atoms with E-state index in [0.717, 1.165) is 37.7 Å². The predicted molar refractivity (Wildman–Crippen MR) is 118 cm³/mol. The van der Waals surface area contributed by atoms with Crippen LogP contribution in [0.15, 0.2) is 48.5 Å². The number of hydrogen-bond acceptors (Lipinski definition) is 3. The summed E-state index contributed by atoms with van der Waals surface area (Å²) in [6.45, 7) is 0.467. The SMILES string of the molecule is O=C(c1cccc(N2CCCCS2(=O)=O)c1)N1[C@@H]2CC[C@@H]1CC(c1ccc(F)cc1)C2. The fourth-order valence-corrected chi connectivity index (χ4v) is 7.17. The van der Waals surface area contributed by atoms with Crippen LogP contribution in [0.4, 0.5) is 10.1 Å². The number of sulfonamides is 1. The lowest BCUT2D eigenvalue weighted by molar-refractivity contribution is 0.0571. The number of halogens is 1. The Hall–Kier alpha value is -2.41. The molecule has 2 atom stereocenters. The van der Waals surface area contributed by atoms with Crippen molar-refractivity contribution < 1.29 is 17.6 Å². The molecule has 3 fully saturated rings. The first-order chi connectivity index (χ1) is 14.9. The smallest absolute Gasteiger partial charge is 0.254 e. The first kappa shape index (κ1) is 20.5. The highest BCUT2D eigenvalue weighted by Crippen LogP contribution is 2.43. The van der Waals surface area contributed by atoms with Crippen molar-refractivity contribution in [3.8, 4) is 0 Å². The molecule has 2 aromatic rings. The molecule has 3 heterocycles. The fourth-order valence-electron chi connectivity index (χ4n) is 5.54. The standard InChI is InChI=1S/C24H27FN2O3S/c25-20-8-6-17(7-9-20)19-15-22-10-11-23(16-19)27(22)24(28)18-4-3-5-21(14-18)26-12-1-2-13-31(26,29)30/h3-9,14,19,22-23H,1-2,10-13,15-16H2/t22-,23-/m1/s1. The van der Waals surface area contributed by atoms with Gasteiger partial charge in [-0.25, -0.2) is 12.8 Å². The van der Waals surface area contributed by atoms with E-state index >= 15 is 0 Å². The van der Waals surface area contributed by atoms with Crippen LogP contribution < -0.4 is 4.31 Å². The van der Waals surface area contributed by atoms with Gasteiger partial charge in [0.15, 0.2) is 0 Å². The van der Waals surface area contributed by atoms with E-state index in [2.05, 4.69) is 0 Å². The summed E-state index contributed by atoms with van der Waals surface area (Å²) >= 11 is 0. The Morgan fingerprint density at radius 3 is 2.35 bits per heavy atom. The molecule has 1 amide bonds. The van der Waals surface area contributed by atoms with E-state index < -0.39 is 10.0 Å². The molecule has 2 bridgehead atoms. The van der Waals surface area contributed by atoms with Gasteiger partial charge in [-0.1, -0.05) is 18.2 Å². The Balaban J connectivity index is 1.36. The van der Waals surface area contributed by atoms with Gasteiger partial charge in [0.05, 0.1) is 11.4 Å². The number of nitrogens with zero attached hydrogens (tertiary/aromatic N) is 2. The van der Waals surface area contributed by atoms with Crippen LogP contribution in [-0.2, 0) is 10.0 Å². The van der Waals surface area contributed by atoms with Gasteiger partial charge in [0.1, 0.15) is 5.82 Å². The van der Waals surface area contributed by atoms with Crippen molar-refractivity contribution in [2.24, 2.45) is 0 Å². The molecule has 5 rings (SSSR count). The lowest BCUT2D eigenvalue weighted by atomic mass is 9.85. The molecule has 0 N–H and O–H groups in total. The summed E-state index contributed by atoms with van der Waals surface area (Å²) in [5, 5.41) is 0. The second kappa shape index (κ2) is 7.93. The number of fused-ring (bicyclic) bond motifs is 2. The van der Waals surface area contributed by atoms with Crippen LogP contribution in [0.5, 0.6) is 0 Å². The molecular weight excluding hydrogens is 415 g/mol. The summed E-state index contributed by atoms with van der Waals surface area (Å²) in [6, 6.07) is 14.1. The van der Waals surface area contributed by atoms with Gasteiger partial charge in [0.2, 0.25) is 10.0 Å². The minimum atomic E-state index is -3.31. The minimum Gasteiger partial charge on any atom is -0.333 e. The van der Waals surface area contributed by atoms with Crippen LogP contribution in [0.2, 0.25) is 0 Å². The Bertz CT molecular complexity index is 1070. The van der Waals surface area contributed by atoms with E-state index in [1.165, 1.54) is 16.4 Å². The molecule has 31 heavy (non-hydrogen) atoms. The predicted octanol–water partition coefficient (Wildman–Crippen LogP) is 4.31. The minimum absolute atomic E-state index is 0.0127. The van der Waals surface area contributed by atoms with E-state index in [0.29, 0.717) is 30.1 Å². The largest absolute Gasteiger partial charge is 0.333 e. The Labute approximate surface area is 182 Å². The topological polar surface area (TPSA) is 57.7 Å². The van der Waals surface area contributed by atoms with Gasteiger partial charge in [0.25, 0.3) is 5.91 Å². The van der Waals surface area contributed by atoms with E-state index in [-0.39, 0.29) is 29.6 Å². The molecule has 3 aliphatic heterocycles. The highest BCUT2D eigenvalue weighted by molar-refractivity contribution is 7.92. The summed E-state index contributed by atoms with van der Waals surface area (Å²) in [6.07, 6.45) is 5.24. The molecule has 0 aromatic heterocycles. The molecule has 3 aliphatic rings. The molecule has 5 nitrogen and oxygen atoms in total. The molecule has 164 valence electrons. The van der Waals surface area contributed by atoms with Gasteiger partial charge in [-0.2, -0.15) is 0 Å². The van der Waals surface area contributed by atoms with Crippen LogP contribution in [0.25, 0.3) is 0 Å². The first-order valence-electron chi connectivity index (χ1n) is 11.1. The lowest BCUT2D eigenvalue weighted by Crippen LogP contribution is -2.46. The molecule has 2 aromatic carbocycles. The molecule has 0 aliphatic carbocycles. The molecule has 0 radical (unpaired) electrons. The second-order valence-electron chi connectivity index (χ2n) is 8.96. The Kier molecular flexibility index (Phi) is 5.24. The number of carbonyl (C=O) groups excluding carboxylic acids is 1. The zero-order valence-corrected chi connectivity index (χ0v) is 18.2. The van der Waals surface area contributed by atoms with Gasteiger partial charge in [-0.05, 0) is 80.3 Å². The molecule has 0 unspecified atom stereocenters. The summed E-state index contributed by atoms with van der Waals surface area (Å²) < 4.78 is 39.7. The van der Waals surface area contributed by atoms with Crippen LogP contribution in [0.1, 0.15) is 60.4 Å². The van der Waals surface area contributed by atoms with Crippen molar-refractivity contribution in [3.63, 3.8) is 0 Å². The van der Waals surface area contributed by atoms with Crippen molar-refractivity contribution in [2.45, 2.75) is 56.5 Å². The van der Waals surface area contributed by atoms with Gasteiger partial charge < -0.3 is 4.90 Å². The maximum Gasteiger partial charge on any atom is 0.254 e. The molecule has 7 heteroatoms. The third-order valence-corrected chi connectivity index (χ3v) is 8.91. The second-order valence-corrected chi connectivity index (χ2v) is 11.0. The van der Waals surface area contributed by atoms with E-state index in [9.17, 15) is 17.6 Å². The summed E-state index contributed by atoms with van der Waals surface area (Å²) in [5.74, 6) is 0.259. The highest BCUT2D eigenvalue weighted by Gasteiger charge is 2.43. The zero-order chi connectivity index (χ0) is 21.6. The Morgan fingerprint density at radius 1 is 0.968 bits per heavy atom. The maximum atomic E-state index is 13.5. The van der Waals surface area contributed by atoms with Crippen LogP contribution >= 0.6 is 0 Å². The van der Waals surface area contributed by atoms with Crippen molar-refractivity contribution in [2.75, 3.05) is 16.6 Å². The van der Waals surface area contributed by atoms with Gasteiger partial charge in [0, 0.05) is 24.2 Å². The van der Waals surface area contributed by atoms with Crippen molar-refractivity contribution in [1.82, 2.24) is 4.90 Å². The van der Waals surface area contributed by atoms with Crippen molar-refractivity contribution in [3.05, 3.63) is 65.5 Å². The Morgan fingerprint density at radius 2 is 1.68 bits per heavy atom. The summed E-state index contributed by atoms with van der Waals surface area (Å²) in [7, 11) is -3.31. The normalized spacial score (nSPS) is 27.3. The fraction of sp³-hybridized carbons (Fsp3) is 0.458. The number of piperidine rings is 1. The lowest BCUT2D eigenvalue weighted by Gasteiger charge is -2.39. The van der Waals surface area contributed by atoms with Gasteiger partial charge in [-0.3, -0.25) is 9.10 Å². The zero-order valence-electron chi connectivity index (χ0n) is 17.4. The van der Waals surface area contributed by atoms with E-state index in [1.807, 2.05) is 17.0 Å². The van der Waals surface area contributed by atoms with Crippen molar-refractivity contribution in [1.29, 1.82) is 0 Å². The number of carbonyl (C=O) groups is 1. The average molecular weight is 443 g/mol. The molecule has 0 saturated carbocycles. The maximum absolute atomic E-state index is 13.5. The number of benzene rings is 2. The van der Waals surface area contributed by atoms with E-state index in [4.69, 9.17) is 0 Å². The third kappa shape index (κ3) is 3.84. The van der Waals surface area contributed by atoms with Crippen LogP contribution in [0, 0.1) is 5.82 Å². The number of rotatable bonds is 3. The first-order valence-corrected chi connectivity index (χ1v) is 12.7. The molecule has 0 spiro atoms. The summed E-state index contributed by atoms with van der Waals surface area (Å²) in [5.41, 5.74) is 2.28. The van der Waals surface area contributed by atoms with Crippen molar-refractivity contribution >= 4 is 21.6 Å². The number of hydrogen-bond donors (Lipinski definition) is 0. The van der Waals surface area contributed by atoms with Crippen LogP contribution in [-0.4, -0.2) is 43.6 Å². The van der Waals surface area contributed by atoms with Crippen LogP contribution in [0.3, 0.4) is 0 Å². The summed E-state index contributed by atoms with van der Waals surface area (Å²) in [4.78, 5) is 15.5. The average Bonchev–Trinajstić information content (AvgIpc) is 3.02. The molecule has 3 saturated heterocycles. The van der Waals surface area contributed by atoms with E-state index in [1.54, 1.807) is 24.3 Å². The quantitative estimate of drug-likeness (QED) is 0.712. The highest BCUT2D eigenvalue weighted by atomic mass is 32.2. The monoisotopic (exact) mass is 442 g/mol. The number of amides is 1. The third-order valence-electron chi connectivity index (χ3n) is 7.04. The molecular formula is C24H27FN2O3S. The van der Waals surface area contributed by atoms with Gasteiger partial charge in [-0.15, -0.1) is 0 Å².